The van der Waals surface area contributed by atoms with Crippen molar-refractivity contribution in [3.05, 3.63) is 33.8 Å². The van der Waals surface area contributed by atoms with E-state index >= 15 is 0 Å². The zero-order valence-corrected chi connectivity index (χ0v) is 10.6. The first-order valence-corrected chi connectivity index (χ1v) is 6.17. The highest BCUT2D eigenvalue weighted by Gasteiger charge is 2.19. The van der Waals surface area contributed by atoms with E-state index in [1.54, 1.807) is 0 Å². The quantitative estimate of drug-likeness (QED) is 0.842. The van der Waals surface area contributed by atoms with Crippen molar-refractivity contribution in [2.75, 3.05) is 20.1 Å². The molecule has 0 bridgehead atoms. The van der Waals surface area contributed by atoms with Crippen molar-refractivity contribution >= 4 is 15.9 Å². The summed E-state index contributed by atoms with van der Waals surface area (Å²) < 4.78 is 1.18. The number of likely N-dealkylation sites (N-methyl/N-ethyl adjacent to an activating group) is 1. The average molecular weight is 269 g/mol. The van der Waals surface area contributed by atoms with Gasteiger partial charge in [-0.2, -0.15) is 0 Å². The van der Waals surface area contributed by atoms with Crippen LogP contribution < -0.4 is 5.73 Å². The molecule has 0 fully saturated rings. The second kappa shape index (κ2) is 4.64. The van der Waals surface area contributed by atoms with Gasteiger partial charge in [-0.05, 0) is 43.1 Å². The Morgan fingerprint density at radius 1 is 1.47 bits per heavy atom. The van der Waals surface area contributed by atoms with Crippen LogP contribution in [0.25, 0.3) is 0 Å². The highest BCUT2D eigenvalue weighted by molar-refractivity contribution is 9.10. The molecular formula is C12H17BrN2. The standard InChI is InChI=1S/C12H17BrN2/c1-15-5-4-10-6-11(13)3-2-9(10)7-12(15)8-14/h2-3,6,12H,4-5,7-8,14H2,1H3. The minimum absolute atomic E-state index is 0.493. The van der Waals surface area contributed by atoms with E-state index in [0.29, 0.717) is 6.04 Å². The number of fused-ring (bicyclic) bond motifs is 1. The maximum atomic E-state index is 5.80. The summed E-state index contributed by atoms with van der Waals surface area (Å²) in [7, 11) is 2.17. The van der Waals surface area contributed by atoms with Crippen LogP contribution >= 0.6 is 15.9 Å². The summed E-state index contributed by atoms with van der Waals surface area (Å²) in [6, 6.07) is 7.08. The average Bonchev–Trinajstić information content (AvgIpc) is 2.38. The van der Waals surface area contributed by atoms with E-state index in [4.69, 9.17) is 5.73 Å². The minimum atomic E-state index is 0.493. The van der Waals surface area contributed by atoms with Crippen LogP contribution in [0.15, 0.2) is 22.7 Å². The van der Waals surface area contributed by atoms with Crippen molar-refractivity contribution in [1.82, 2.24) is 4.90 Å². The van der Waals surface area contributed by atoms with Gasteiger partial charge in [0, 0.05) is 23.6 Å². The first kappa shape index (κ1) is 11.1. The molecule has 0 amide bonds. The van der Waals surface area contributed by atoms with Crippen molar-refractivity contribution in [2.45, 2.75) is 18.9 Å². The normalized spacial score (nSPS) is 22.2. The van der Waals surface area contributed by atoms with Gasteiger partial charge in [0.1, 0.15) is 0 Å². The smallest absolute Gasteiger partial charge is 0.0255 e. The second-order valence-corrected chi connectivity index (χ2v) is 5.15. The Hall–Kier alpha value is -0.380. The molecule has 3 heteroatoms. The van der Waals surface area contributed by atoms with Gasteiger partial charge in [-0.3, -0.25) is 0 Å². The predicted octanol–water partition coefficient (Wildman–Crippen LogP) is 1.81. The lowest BCUT2D eigenvalue weighted by Gasteiger charge is -2.23. The lowest BCUT2D eigenvalue weighted by molar-refractivity contribution is 0.256. The molecule has 82 valence electrons. The summed E-state index contributed by atoms with van der Waals surface area (Å²) in [6.07, 6.45) is 2.21. The fraction of sp³-hybridized carbons (Fsp3) is 0.500. The van der Waals surface area contributed by atoms with Gasteiger partial charge in [0.15, 0.2) is 0 Å². The van der Waals surface area contributed by atoms with Crippen molar-refractivity contribution < 1.29 is 0 Å². The molecule has 1 unspecified atom stereocenters. The molecule has 0 aromatic heterocycles. The number of nitrogens with two attached hydrogens (primary N) is 1. The monoisotopic (exact) mass is 268 g/mol. The van der Waals surface area contributed by atoms with E-state index in [-0.39, 0.29) is 0 Å². The van der Waals surface area contributed by atoms with Crippen LogP contribution in [0.5, 0.6) is 0 Å². The van der Waals surface area contributed by atoms with Crippen LogP contribution in [0.1, 0.15) is 11.1 Å². The van der Waals surface area contributed by atoms with Gasteiger partial charge in [0.25, 0.3) is 0 Å². The Balaban J connectivity index is 2.29. The number of nitrogens with zero attached hydrogens (tertiary/aromatic N) is 1. The SMILES string of the molecule is CN1CCc2cc(Br)ccc2CC1CN. The summed E-state index contributed by atoms with van der Waals surface area (Å²) in [6.45, 7) is 1.84. The topological polar surface area (TPSA) is 29.3 Å². The van der Waals surface area contributed by atoms with Crippen molar-refractivity contribution in [2.24, 2.45) is 5.73 Å². The van der Waals surface area contributed by atoms with Crippen LogP contribution in [-0.2, 0) is 12.8 Å². The number of benzene rings is 1. The molecule has 1 aliphatic rings. The van der Waals surface area contributed by atoms with Crippen molar-refractivity contribution in [3.8, 4) is 0 Å². The van der Waals surface area contributed by atoms with Crippen LogP contribution in [0.4, 0.5) is 0 Å². The Labute approximate surface area is 99.6 Å². The Kier molecular flexibility index (Phi) is 3.44. The van der Waals surface area contributed by atoms with E-state index in [0.717, 1.165) is 25.9 Å². The van der Waals surface area contributed by atoms with Gasteiger partial charge in [-0.15, -0.1) is 0 Å². The minimum Gasteiger partial charge on any atom is -0.329 e. The summed E-state index contributed by atoms with van der Waals surface area (Å²) in [5.74, 6) is 0. The van der Waals surface area contributed by atoms with Gasteiger partial charge < -0.3 is 10.6 Å². The van der Waals surface area contributed by atoms with E-state index in [2.05, 4.69) is 46.1 Å². The van der Waals surface area contributed by atoms with Crippen LogP contribution in [0, 0.1) is 0 Å². The molecular weight excluding hydrogens is 252 g/mol. The summed E-state index contributed by atoms with van der Waals surface area (Å²) in [4.78, 5) is 2.37. The van der Waals surface area contributed by atoms with E-state index < -0.39 is 0 Å². The number of rotatable bonds is 1. The van der Waals surface area contributed by atoms with Gasteiger partial charge in [-0.1, -0.05) is 22.0 Å². The lowest BCUT2D eigenvalue weighted by atomic mass is 10.0. The molecule has 2 nitrogen and oxygen atoms in total. The first-order valence-electron chi connectivity index (χ1n) is 5.38. The summed E-state index contributed by atoms with van der Waals surface area (Å²) >= 11 is 3.52. The number of halogens is 1. The summed E-state index contributed by atoms with van der Waals surface area (Å²) in [5.41, 5.74) is 8.72. The van der Waals surface area contributed by atoms with Crippen molar-refractivity contribution in [1.29, 1.82) is 0 Å². The maximum absolute atomic E-state index is 5.80. The molecule has 0 spiro atoms. The fourth-order valence-corrected chi connectivity index (χ4v) is 2.59. The third-order valence-corrected chi connectivity index (χ3v) is 3.75. The fourth-order valence-electron chi connectivity index (χ4n) is 2.18. The number of hydrogen-bond acceptors (Lipinski definition) is 2. The molecule has 15 heavy (non-hydrogen) atoms. The molecule has 1 aromatic rings. The number of hydrogen-bond donors (Lipinski definition) is 1. The van der Waals surface area contributed by atoms with E-state index in [1.165, 1.54) is 15.6 Å². The first-order chi connectivity index (χ1) is 7.20. The van der Waals surface area contributed by atoms with Crippen LogP contribution in [0.3, 0.4) is 0 Å². The molecule has 0 aliphatic carbocycles. The molecule has 1 heterocycles. The molecule has 0 radical (unpaired) electrons. The summed E-state index contributed by atoms with van der Waals surface area (Å²) in [5, 5.41) is 0. The maximum Gasteiger partial charge on any atom is 0.0255 e. The zero-order valence-electron chi connectivity index (χ0n) is 9.04. The zero-order chi connectivity index (χ0) is 10.8. The predicted molar refractivity (Wildman–Crippen MR) is 67.0 cm³/mol. The van der Waals surface area contributed by atoms with Crippen molar-refractivity contribution in [3.63, 3.8) is 0 Å². The highest BCUT2D eigenvalue weighted by Crippen LogP contribution is 2.22. The third kappa shape index (κ3) is 2.41. The molecule has 0 saturated heterocycles. The highest BCUT2D eigenvalue weighted by atomic mass is 79.9. The van der Waals surface area contributed by atoms with Gasteiger partial charge in [-0.25, -0.2) is 0 Å². The third-order valence-electron chi connectivity index (χ3n) is 3.25. The molecule has 2 N–H and O–H groups in total. The van der Waals surface area contributed by atoms with Gasteiger partial charge in [0.05, 0.1) is 0 Å². The molecule has 1 aromatic carbocycles. The molecule has 0 saturated carbocycles. The van der Waals surface area contributed by atoms with E-state index in [1.807, 2.05) is 0 Å². The van der Waals surface area contributed by atoms with Crippen LogP contribution in [-0.4, -0.2) is 31.1 Å². The Morgan fingerprint density at radius 2 is 2.27 bits per heavy atom. The Bertz CT molecular complexity index is 351. The Morgan fingerprint density at radius 3 is 3.00 bits per heavy atom. The van der Waals surface area contributed by atoms with Gasteiger partial charge >= 0.3 is 0 Å². The molecule has 2 rings (SSSR count). The molecule has 1 aliphatic heterocycles. The van der Waals surface area contributed by atoms with Gasteiger partial charge in [0.2, 0.25) is 0 Å². The second-order valence-electron chi connectivity index (χ2n) is 4.24. The van der Waals surface area contributed by atoms with Crippen LogP contribution in [0.2, 0.25) is 0 Å². The molecule has 1 atom stereocenters. The largest absolute Gasteiger partial charge is 0.329 e. The lowest BCUT2D eigenvalue weighted by Crippen LogP contribution is -2.39. The van der Waals surface area contributed by atoms with E-state index in [9.17, 15) is 0 Å².